The summed E-state index contributed by atoms with van der Waals surface area (Å²) in [6.07, 6.45) is 5.37. The molecule has 0 saturated heterocycles. The van der Waals surface area contributed by atoms with Crippen LogP contribution in [0.1, 0.15) is 42.2 Å². The standard InChI is InChI=1S/C22H23FN6O2S/c1-13-5-10-17(23)16(12-13)19(31-2)20(30)26-22-29-28-21(32-22)25-15-8-6-14(7-9-15)18-4-3-11-24-27-18/h3-6,10-12,15,19H,7-9H2,1-2H3,(H,25,28)(H,26,29,30)/t15-,19-/m0/s1. The highest BCUT2D eigenvalue weighted by molar-refractivity contribution is 7.19. The Morgan fingerprint density at radius 1 is 1.25 bits per heavy atom. The number of anilines is 2. The Balaban J connectivity index is 1.36. The van der Waals surface area contributed by atoms with E-state index in [0.717, 1.165) is 30.5 Å². The number of methoxy groups -OCH3 is 1. The van der Waals surface area contributed by atoms with Gasteiger partial charge in [0, 0.05) is 24.9 Å². The highest BCUT2D eigenvalue weighted by Crippen LogP contribution is 2.30. The summed E-state index contributed by atoms with van der Waals surface area (Å²) < 4.78 is 19.5. The van der Waals surface area contributed by atoms with Gasteiger partial charge in [-0.3, -0.25) is 10.1 Å². The summed E-state index contributed by atoms with van der Waals surface area (Å²) in [6, 6.07) is 8.62. The summed E-state index contributed by atoms with van der Waals surface area (Å²) in [7, 11) is 1.37. The summed E-state index contributed by atoms with van der Waals surface area (Å²) >= 11 is 1.22. The number of ether oxygens (including phenoxy) is 1. The van der Waals surface area contributed by atoms with Crippen LogP contribution in [-0.2, 0) is 9.53 Å². The maximum Gasteiger partial charge on any atom is 0.260 e. The predicted octanol–water partition coefficient (Wildman–Crippen LogP) is 4.15. The van der Waals surface area contributed by atoms with Gasteiger partial charge in [-0.05, 0) is 50.0 Å². The number of hydrogen-bond acceptors (Lipinski definition) is 8. The van der Waals surface area contributed by atoms with Crippen LogP contribution in [0.4, 0.5) is 14.7 Å². The van der Waals surface area contributed by atoms with Gasteiger partial charge in [0.05, 0.1) is 5.69 Å². The zero-order chi connectivity index (χ0) is 22.5. The van der Waals surface area contributed by atoms with Crippen LogP contribution in [0.2, 0.25) is 0 Å². The van der Waals surface area contributed by atoms with E-state index in [2.05, 4.69) is 37.1 Å². The molecule has 8 nitrogen and oxygen atoms in total. The van der Waals surface area contributed by atoms with Gasteiger partial charge in [0.15, 0.2) is 6.10 Å². The molecule has 1 amide bonds. The zero-order valence-electron chi connectivity index (χ0n) is 17.7. The number of aromatic nitrogens is 4. The van der Waals surface area contributed by atoms with E-state index in [1.54, 1.807) is 18.3 Å². The second-order valence-corrected chi connectivity index (χ2v) is 8.47. The molecule has 2 atom stereocenters. The normalized spacial score (nSPS) is 16.8. The van der Waals surface area contributed by atoms with Gasteiger partial charge in [-0.15, -0.1) is 10.2 Å². The van der Waals surface area contributed by atoms with Crippen LogP contribution in [0.25, 0.3) is 5.57 Å². The lowest BCUT2D eigenvalue weighted by Crippen LogP contribution is -2.23. The molecule has 32 heavy (non-hydrogen) atoms. The van der Waals surface area contributed by atoms with E-state index < -0.39 is 17.8 Å². The van der Waals surface area contributed by atoms with Gasteiger partial charge in [0.2, 0.25) is 10.3 Å². The van der Waals surface area contributed by atoms with Crippen molar-refractivity contribution in [1.82, 2.24) is 20.4 Å². The lowest BCUT2D eigenvalue weighted by Gasteiger charge is -2.22. The Morgan fingerprint density at radius 3 is 2.81 bits per heavy atom. The first-order valence-corrected chi connectivity index (χ1v) is 11.0. The molecular weight excluding hydrogens is 431 g/mol. The Kier molecular flexibility index (Phi) is 6.81. The van der Waals surface area contributed by atoms with Crippen LogP contribution >= 0.6 is 11.3 Å². The van der Waals surface area contributed by atoms with Crippen molar-refractivity contribution in [1.29, 1.82) is 0 Å². The first kappa shape index (κ1) is 22.0. The van der Waals surface area contributed by atoms with Crippen LogP contribution in [0, 0.1) is 12.7 Å². The maximum atomic E-state index is 14.2. The fraction of sp³-hybridized carbons (Fsp3) is 0.318. The largest absolute Gasteiger partial charge is 0.367 e. The topological polar surface area (TPSA) is 102 Å². The van der Waals surface area contributed by atoms with Crippen LogP contribution in [-0.4, -0.2) is 39.5 Å². The van der Waals surface area contributed by atoms with Crippen molar-refractivity contribution in [3.63, 3.8) is 0 Å². The number of nitrogens with zero attached hydrogens (tertiary/aromatic N) is 4. The number of allylic oxidation sites excluding steroid dienone is 1. The van der Waals surface area contributed by atoms with E-state index in [-0.39, 0.29) is 11.6 Å². The summed E-state index contributed by atoms with van der Waals surface area (Å²) in [5.41, 5.74) is 3.11. The quantitative estimate of drug-likeness (QED) is 0.553. The van der Waals surface area contributed by atoms with Crippen molar-refractivity contribution >= 4 is 33.1 Å². The molecule has 1 aliphatic carbocycles. The molecule has 1 aromatic carbocycles. The maximum absolute atomic E-state index is 14.2. The first-order valence-electron chi connectivity index (χ1n) is 10.2. The van der Waals surface area contributed by atoms with Crippen LogP contribution in [0.3, 0.4) is 0 Å². The fourth-order valence-electron chi connectivity index (χ4n) is 3.59. The SMILES string of the molecule is CO[C@H](C(=O)Nc1nnc(N[C@H]2CC=C(c3cccnn3)CC2)s1)c1cc(C)ccc1F. The molecule has 0 fully saturated rings. The molecule has 0 unspecified atom stereocenters. The van der Waals surface area contributed by atoms with Crippen molar-refractivity contribution in [3.8, 4) is 0 Å². The summed E-state index contributed by atoms with van der Waals surface area (Å²) in [6.45, 7) is 1.83. The highest BCUT2D eigenvalue weighted by Gasteiger charge is 2.25. The Bertz CT molecular complexity index is 1120. The smallest absolute Gasteiger partial charge is 0.260 e. The van der Waals surface area contributed by atoms with E-state index >= 15 is 0 Å². The molecule has 2 heterocycles. The lowest BCUT2D eigenvalue weighted by atomic mass is 9.93. The molecular formula is C22H23FN6O2S. The minimum absolute atomic E-state index is 0.181. The fourth-order valence-corrected chi connectivity index (χ4v) is 4.31. The molecule has 0 radical (unpaired) electrons. The zero-order valence-corrected chi connectivity index (χ0v) is 18.5. The number of nitrogens with one attached hydrogen (secondary N) is 2. The molecule has 10 heteroatoms. The van der Waals surface area contributed by atoms with Gasteiger partial charge < -0.3 is 10.1 Å². The molecule has 0 bridgehead atoms. The minimum atomic E-state index is -1.09. The molecule has 0 aliphatic heterocycles. The van der Waals surface area contributed by atoms with E-state index in [0.29, 0.717) is 10.3 Å². The first-order chi connectivity index (χ1) is 15.5. The number of hydrogen-bond donors (Lipinski definition) is 2. The van der Waals surface area contributed by atoms with E-state index in [1.807, 2.05) is 19.1 Å². The number of benzene rings is 1. The third kappa shape index (κ3) is 5.14. The van der Waals surface area contributed by atoms with Crippen molar-refractivity contribution in [2.24, 2.45) is 0 Å². The third-order valence-electron chi connectivity index (χ3n) is 5.20. The second-order valence-electron chi connectivity index (χ2n) is 7.50. The number of carbonyl (C=O) groups is 1. The van der Waals surface area contributed by atoms with Crippen molar-refractivity contribution in [3.05, 3.63) is 65.2 Å². The molecule has 166 valence electrons. The molecule has 2 aromatic heterocycles. The van der Waals surface area contributed by atoms with Gasteiger partial charge in [-0.1, -0.05) is 35.1 Å². The minimum Gasteiger partial charge on any atom is -0.367 e. The Hall–Kier alpha value is -3.24. The van der Waals surface area contributed by atoms with E-state index in [1.165, 1.54) is 30.1 Å². The van der Waals surface area contributed by atoms with Crippen molar-refractivity contribution in [2.45, 2.75) is 38.3 Å². The number of amides is 1. The van der Waals surface area contributed by atoms with E-state index in [9.17, 15) is 9.18 Å². The number of rotatable bonds is 7. The summed E-state index contributed by atoms with van der Waals surface area (Å²) in [5, 5.41) is 23.2. The number of halogens is 1. The molecule has 3 aromatic rings. The van der Waals surface area contributed by atoms with Gasteiger partial charge in [-0.25, -0.2) is 4.39 Å². The van der Waals surface area contributed by atoms with Crippen molar-refractivity contribution in [2.75, 3.05) is 17.7 Å². The highest BCUT2D eigenvalue weighted by atomic mass is 32.1. The lowest BCUT2D eigenvalue weighted by molar-refractivity contribution is -0.126. The molecule has 1 aliphatic rings. The van der Waals surface area contributed by atoms with Gasteiger partial charge in [0.25, 0.3) is 5.91 Å². The summed E-state index contributed by atoms with van der Waals surface area (Å²) in [5.74, 6) is -1.00. The Labute approximate surface area is 188 Å². The third-order valence-corrected chi connectivity index (χ3v) is 5.97. The molecule has 0 saturated carbocycles. The predicted molar refractivity (Wildman–Crippen MR) is 121 cm³/mol. The molecule has 4 rings (SSSR count). The van der Waals surface area contributed by atoms with Crippen LogP contribution < -0.4 is 10.6 Å². The second kappa shape index (κ2) is 9.92. The van der Waals surface area contributed by atoms with Gasteiger partial charge >= 0.3 is 0 Å². The van der Waals surface area contributed by atoms with Crippen LogP contribution in [0.5, 0.6) is 0 Å². The van der Waals surface area contributed by atoms with Crippen LogP contribution in [0.15, 0.2) is 42.6 Å². The van der Waals surface area contributed by atoms with Gasteiger partial charge in [0.1, 0.15) is 5.82 Å². The molecule has 0 spiro atoms. The van der Waals surface area contributed by atoms with E-state index in [4.69, 9.17) is 4.74 Å². The average Bonchev–Trinajstić information content (AvgIpc) is 3.24. The average molecular weight is 455 g/mol. The monoisotopic (exact) mass is 454 g/mol. The number of aryl methyl sites for hydroxylation is 1. The summed E-state index contributed by atoms with van der Waals surface area (Å²) in [4.78, 5) is 12.7. The molecule has 2 N–H and O–H groups in total. The van der Waals surface area contributed by atoms with Gasteiger partial charge in [-0.2, -0.15) is 10.2 Å². The van der Waals surface area contributed by atoms with Crippen molar-refractivity contribution < 1.29 is 13.9 Å². The Morgan fingerprint density at radius 2 is 2.09 bits per heavy atom. The number of carbonyl (C=O) groups excluding carboxylic acids is 1.